The van der Waals surface area contributed by atoms with E-state index in [0.29, 0.717) is 105 Å². The Morgan fingerprint density at radius 1 is 0.598 bits per heavy atom. The van der Waals surface area contributed by atoms with Crippen LogP contribution in [0, 0.1) is 52.1 Å². The number of nitrogens with one attached hydrogen (secondary N) is 3. The number of nitrogens with zero attached hydrogens (tertiary/aromatic N) is 9. The summed E-state index contributed by atoms with van der Waals surface area (Å²) in [4.78, 5) is 54.7. The van der Waals surface area contributed by atoms with Crippen LogP contribution in [0.15, 0.2) is 87.8 Å². The van der Waals surface area contributed by atoms with E-state index >= 15 is 0 Å². The molecule has 3 aromatic carbocycles. The molecule has 3 aliphatic heterocycles. The van der Waals surface area contributed by atoms with Gasteiger partial charge in [-0.05, 0) is 180 Å². The van der Waals surface area contributed by atoms with E-state index < -0.39 is 16.8 Å². The van der Waals surface area contributed by atoms with Crippen LogP contribution in [0.4, 0.5) is 14.4 Å². The van der Waals surface area contributed by atoms with E-state index in [-0.39, 0.29) is 54.3 Å². The molecule has 538 valence electrons. The Morgan fingerprint density at radius 2 is 0.969 bits per heavy atom. The van der Waals surface area contributed by atoms with Gasteiger partial charge in [-0.1, -0.05) is 83.0 Å². The quantitative estimate of drug-likeness (QED) is 0.0209. The van der Waals surface area contributed by atoms with E-state index in [2.05, 4.69) is 36.7 Å². The van der Waals surface area contributed by atoms with Crippen LogP contribution in [0.1, 0.15) is 136 Å². The second kappa shape index (κ2) is 47.2. The summed E-state index contributed by atoms with van der Waals surface area (Å²) in [6.45, 7) is 23.2. The fourth-order valence-electron chi connectivity index (χ4n) is 10.3. The van der Waals surface area contributed by atoms with Crippen LogP contribution >= 0.6 is 70.1 Å². The molecule has 3 fully saturated rings. The predicted octanol–water partition coefficient (Wildman–Crippen LogP) is 13.7. The van der Waals surface area contributed by atoms with Crippen LogP contribution in [0.3, 0.4) is 0 Å². The Hall–Kier alpha value is -5.93. The van der Waals surface area contributed by atoms with Gasteiger partial charge < -0.3 is 59.9 Å². The number of benzene rings is 3. The van der Waals surface area contributed by atoms with E-state index in [1.165, 1.54) is 42.3 Å². The summed E-state index contributed by atoms with van der Waals surface area (Å²) in [5.74, 6) is 0.794. The highest BCUT2D eigenvalue weighted by Crippen LogP contribution is 2.38. The first-order valence-corrected chi connectivity index (χ1v) is 36.9. The van der Waals surface area contributed by atoms with Gasteiger partial charge in [0.05, 0.1) is 44.7 Å². The number of hydrogen-bond donors (Lipinski definition) is 5. The van der Waals surface area contributed by atoms with Crippen molar-refractivity contribution in [2.75, 3.05) is 112 Å². The molecule has 3 heterocycles. The summed E-state index contributed by atoms with van der Waals surface area (Å²) in [7, 11) is 3.09. The number of halogens is 3. The summed E-state index contributed by atoms with van der Waals surface area (Å²) < 4.78 is 36.0. The minimum absolute atomic E-state index is 0.108. The van der Waals surface area contributed by atoms with Crippen molar-refractivity contribution in [3.8, 4) is 18.6 Å². The molecular formula is C68H103Cl3N14O9S3. The van der Waals surface area contributed by atoms with Gasteiger partial charge in [0.1, 0.15) is 21.2 Å². The lowest BCUT2D eigenvalue weighted by atomic mass is 9.88. The van der Waals surface area contributed by atoms with E-state index in [0.717, 1.165) is 59.6 Å². The number of nitrogens with two attached hydrogens (primary N) is 2. The lowest BCUT2D eigenvalue weighted by Crippen LogP contribution is -2.44. The fourth-order valence-corrected chi connectivity index (χ4v) is 12.2. The number of carbonyl (C=O) groups excluding carboxylic acids is 3. The van der Waals surface area contributed by atoms with Crippen molar-refractivity contribution in [3.05, 3.63) is 105 Å². The van der Waals surface area contributed by atoms with E-state index in [1.54, 1.807) is 27.9 Å². The van der Waals surface area contributed by atoms with Gasteiger partial charge in [0.2, 0.25) is 12.2 Å². The summed E-state index contributed by atoms with van der Waals surface area (Å²) in [6.07, 6.45) is 15.2. The summed E-state index contributed by atoms with van der Waals surface area (Å²) in [6, 6.07) is 23.0. The highest BCUT2D eigenvalue weighted by Gasteiger charge is 2.36. The number of amidine groups is 1. The molecule has 3 aromatic rings. The standard InChI is InChI=1S/C22H32ClN5O3.C22H31ClN4O3S.C19H29ClN2O3.C4H6N2S2.CH5N/c1-22(2,3)31-21(29)28-11-6-8-17(14-28)19(16-7-5-9-18(23)13-16)30-12-10-26-20(25-4)27-15-24;1-22(2,3)30-21(28)27-11-6-8-17(14-27)19(16-7-5-9-18(23)13-16)29-12-10-25-20(31-4)26-15-24;1-19(2,3)25-18(23)22-10-5-7-15(13-22)17(24-11-9-21)14-6-4-8-16(20)12-14;1-7-4(8-2)6-3-5;1-2/h5,7,9,13,17,19H,6,8,10-12,14H2,1-4H3,(H2,25,26,27);5,7,9,13,17,19H,6,8,10-12,14H2,1-4H3,(H,25,26);4,6,8,12,15,17H,5,7,9-11,13,21H2,1-3H3;1-2H3;2H2,1H3/t2*17-,19+;15-,17+;;/m111../s1. The van der Waals surface area contributed by atoms with Crippen molar-refractivity contribution in [2.24, 2.45) is 44.2 Å². The van der Waals surface area contributed by atoms with Gasteiger partial charge in [-0.25, -0.2) is 14.4 Å². The summed E-state index contributed by atoms with van der Waals surface area (Å²) in [5.41, 5.74) is 11.5. The predicted molar refractivity (Wildman–Crippen MR) is 396 cm³/mol. The van der Waals surface area contributed by atoms with E-state index in [9.17, 15) is 14.4 Å². The smallest absolute Gasteiger partial charge is 0.410 e. The highest BCUT2D eigenvalue weighted by atomic mass is 35.5. The monoisotopic (exact) mass is 1460 g/mol. The number of nitriles is 3. The molecule has 3 aliphatic rings. The molecule has 97 heavy (non-hydrogen) atoms. The van der Waals surface area contributed by atoms with Gasteiger partial charge in [-0.3, -0.25) is 20.6 Å². The third-order valence-electron chi connectivity index (χ3n) is 14.1. The normalized spacial score (nSPS) is 17.4. The average molecular weight is 1460 g/mol. The first-order valence-electron chi connectivity index (χ1n) is 32.1. The van der Waals surface area contributed by atoms with Crippen LogP contribution in [-0.4, -0.2) is 177 Å². The number of ether oxygens (including phenoxy) is 6. The maximum absolute atomic E-state index is 12.6. The Morgan fingerprint density at radius 3 is 1.27 bits per heavy atom. The number of rotatable bonds is 17. The molecule has 0 spiro atoms. The lowest BCUT2D eigenvalue weighted by molar-refractivity contribution is -0.0243. The molecule has 0 unspecified atom stereocenters. The zero-order chi connectivity index (χ0) is 72.6. The average Bonchev–Trinajstić information content (AvgIpc) is 1.06. The molecule has 3 amide bonds. The van der Waals surface area contributed by atoms with Crippen LogP contribution in [-0.2, 0) is 28.4 Å². The fraction of sp³-hybridized carbons (Fsp3) is 0.603. The number of likely N-dealkylation sites (tertiary alicyclic amines) is 3. The second-order valence-electron chi connectivity index (χ2n) is 25.1. The van der Waals surface area contributed by atoms with Crippen molar-refractivity contribution in [3.63, 3.8) is 0 Å². The molecule has 3 saturated heterocycles. The van der Waals surface area contributed by atoms with Crippen molar-refractivity contribution in [2.45, 2.75) is 136 Å². The molecule has 7 N–H and O–H groups in total. The largest absolute Gasteiger partial charge is 0.444 e. The number of guanidine groups is 1. The maximum Gasteiger partial charge on any atom is 0.410 e. The zero-order valence-corrected chi connectivity index (χ0v) is 63.5. The van der Waals surface area contributed by atoms with Crippen LogP contribution < -0.4 is 27.4 Å². The number of aliphatic imine (C=N–C) groups is 3. The lowest BCUT2D eigenvalue weighted by Gasteiger charge is -2.37. The van der Waals surface area contributed by atoms with Gasteiger partial charge in [-0.2, -0.15) is 20.8 Å². The molecular weight excluding hydrogens is 1360 g/mol. The molecule has 0 aliphatic carbocycles. The number of carbonyl (C=O) groups is 3. The Kier molecular flexibility index (Phi) is 42.4. The van der Waals surface area contributed by atoms with Crippen molar-refractivity contribution in [1.29, 1.82) is 15.8 Å². The van der Waals surface area contributed by atoms with Crippen molar-refractivity contribution >= 4 is 104 Å². The van der Waals surface area contributed by atoms with Crippen molar-refractivity contribution < 1.29 is 42.8 Å². The van der Waals surface area contributed by atoms with Crippen LogP contribution in [0.25, 0.3) is 0 Å². The first-order chi connectivity index (χ1) is 46.1. The molecule has 23 nitrogen and oxygen atoms in total. The zero-order valence-electron chi connectivity index (χ0n) is 58.8. The molecule has 0 bridgehead atoms. The molecule has 0 saturated carbocycles. The number of thioether (sulfide) groups is 3. The minimum Gasteiger partial charge on any atom is -0.444 e. The Labute approximate surface area is 604 Å². The van der Waals surface area contributed by atoms with Crippen LogP contribution in [0.2, 0.25) is 15.1 Å². The van der Waals surface area contributed by atoms with Gasteiger partial charge in [-0.15, -0.1) is 23.5 Å². The Balaban J connectivity index is 0.000000464. The molecule has 6 rings (SSSR count). The number of piperidine rings is 3. The topological polar surface area (TPSA) is 313 Å². The Bertz CT molecular complexity index is 3060. The SMILES string of the molecule is CC(C)(C)OC(=O)N1CCC[C@@H]([C@@H](OCCN)c2cccc(Cl)c2)C1.CN.CN=C(NC#N)NCCO[C@@H](c1cccc(Cl)c1)[C@@H]1CCCN(C(=O)OC(C)(C)C)C1.CSC(=NC#N)SC.CSC(=NCCO[C@@H](c1cccc(Cl)c1)[C@@H]1CCCN(C(=O)OC(C)(C)C)C1)NC#N. The molecule has 0 radical (unpaired) electrons. The molecule has 6 atom stereocenters. The first kappa shape index (κ1) is 87.2. The van der Waals surface area contributed by atoms with Gasteiger partial charge in [0.15, 0.2) is 17.6 Å². The van der Waals surface area contributed by atoms with Crippen LogP contribution in [0.5, 0.6) is 0 Å². The van der Waals surface area contributed by atoms with Gasteiger partial charge in [0, 0.05) is 92.2 Å². The highest BCUT2D eigenvalue weighted by molar-refractivity contribution is 8.38. The van der Waals surface area contributed by atoms with Gasteiger partial charge in [0.25, 0.3) is 0 Å². The second-order valence-corrected chi connectivity index (χ2v) is 29.0. The summed E-state index contributed by atoms with van der Waals surface area (Å²) in [5, 5.41) is 36.1. The maximum atomic E-state index is 12.6. The number of amides is 3. The summed E-state index contributed by atoms with van der Waals surface area (Å²) >= 11 is 23.0. The minimum atomic E-state index is -0.533. The number of hydrogen-bond acceptors (Lipinski definition) is 20. The van der Waals surface area contributed by atoms with E-state index in [1.807, 2.05) is 166 Å². The van der Waals surface area contributed by atoms with Crippen molar-refractivity contribution in [1.82, 2.24) is 30.7 Å². The van der Waals surface area contributed by atoms with Gasteiger partial charge >= 0.3 is 18.3 Å². The third kappa shape index (κ3) is 35.6. The van der Waals surface area contributed by atoms with E-state index in [4.69, 9.17) is 84.7 Å². The molecule has 0 aromatic heterocycles. The molecule has 29 heteroatoms. The third-order valence-corrected chi connectivity index (χ3v) is 17.3.